The molecular formula is C14H9ClFNO3S. The molecule has 21 heavy (non-hydrogen) atoms. The third-order valence-electron chi connectivity index (χ3n) is 2.48. The van der Waals surface area contributed by atoms with Crippen molar-refractivity contribution < 1.29 is 19.1 Å². The van der Waals surface area contributed by atoms with Crippen LogP contribution in [0.2, 0.25) is 5.02 Å². The van der Waals surface area contributed by atoms with E-state index in [-0.39, 0.29) is 5.69 Å². The SMILES string of the molecule is O=C(O)/C=C/c1ccc(NC(=O)c2sccc2Cl)c(F)c1. The summed E-state index contributed by atoms with van der Waals surface area (Å²) in [5, 5.41) is 12.9. The van der Waals surface area contributed by atoms with E-state index in [1.54, 1.807) is 11.4 Å². The molecule has 1 aromatic carbocycles. The number of carboxylic acid groups (broad SMARTS) is 1. The summed E-state index contributed by atoms with van der Waals surface area (Å²) >= 11 is 6.98. The van der Waals surface area contributed by atoms with Gasteiger partial charge in [-0.2, -0.15) is 0 Å². The second kappa shape index (κ2) is 6.51. The highest BCUT2D eigenvalue weighted by molar-refractivity contribution is 7.12. The minimum Gasteiger partial charge on any atom is -0.478 e. The van der Waals surface area contributed by atoms with Gasteiger partial charge < -0.3 is 10.4 Å². The number of rotatable bonds is 4. The Morgan fingerprint density at radius 1 is 1.33 bits per heavy atom. The van der Waals surface area contributed by atoms with Crippen molar-refractivity contribution in [2.45, 2.75) is 0 Å². The summed E-state index contributed by atoms with van der Waals surface area (Å²) < 4.78 is 13.9. The lowest BCUT2D eigenvalue weighted by molar-refractivity contribution is -0.131. The van der Waals surface area contributed by atoms with E-state index in [1.165, 1.54) is 18.2 Å². The zero-order chi connectivity index (χ0) is 15.4. The third kappa shape index (κ3) is 3.90. The quantitative estimate of drug-likeness (QED) is 0.838. The van der Waals surface area contributed by atoms with Crippen molar-refractivity contribution in [3.05, 3.63) is 57.0 Å². The number of carboxylic acids is 1. The Bertz CT molecular complexity index is 727. The fourth-order valence-electron chi connectivity index (χ4n) is 1.54. The Kier molecular flexibility index (Phi) is 4.72. The molecule has 0 saturated carbocycles. The lowest BCUT2D eigenvalue weighted by atomic mass is 10.2. The van der Waals surface area contributed by atoms with Crippen LogP contribution in [0.4, 0.5) is 10.1 Å². The fraction of sp³-hybridized carbons (Fsp3) is 0. The van der Waals surface area contributed by atoms with E-state index >= 15 is 0 Å². The van der Waals surface area contributed by atoms with Gasteiger partial charge >= 0.3 is 5.97 Å². The number of thiophene rings is 1. The van der Waals surface area contributed by atoms with Gasteiger partial charge in [0, 0.05) is 6.08 Å². The number of halogens is 2. The summed E-state index contributed by atoms with van der Waals surface area (Å²) in [7, 11) is 0. The van der Waals surface area contributed by atoms with Gasteiger partial charge in [-0.25, -0.2) is 9.18 Å². The van der Waals surface area contributed by atoms with Crippen molar-refractivity contribution in [3.8, 4) is 0 Å². The van der Waals surface area contributed by atoms with Crippen LogP contribution in [0.25, 0.3) is 6.08 Å². The highest BCUT2D eigenvalue weighted by Crippen LogP contribution is 2.24. The lowest BCUT2D eigenvalue weighted by Gasteiger charge is -2.06. The van der Waals surface area contributed by atoms with Crippen molar-refractivity contribution in [2.24, 2.45) is 0 Å². The Morgan fingerprint density at radius 3 is 2.67 bits per heavy atom. The van der Waals surface area contributed by atoms with E-state index in [4.69, 9.17) is 16.7 Å². The van der Waals surface area contributed by atoms with Crippen LogP contribution in [0.5, 0.6) is 0 Å². The van der Waals surface area contributed by atoms with Crippen LogP contribution in [0.3, 0.4) is 0 Å². The largest absolute Gasteiger partial charge is 0.478 e. The molecule has 0 spiro atoms. The molecule has 1 aromatic heterocycles. The van der Waals surface area contributed by atoms with Crippen molar-refractivity contribution in [3.63, 3.8) is 0 Å². The Hall–Kier alpha value is -2.18. The summed E-state index contributed by atoms with van der Waals surface area (Å²) in [5.74, 6) is -2.29. The first-order valence-electron chi connectivity index (χ1n) is 5.72. The van der Waals surface area contributed by atoms with Gasteiger partial charge in [0.15, 0.2) is 0 Å². The summed E-state index contributed by atoms with van der Waals surface area (Å²) in [4.78, 5) is 22.6. The zero-order valence-electron chi connectivity index (χ0n) is 10.5. The molecule has 108 valence electrons. The van der Waals surface area contributed by atoms with Gasteiger partial charge in [0.2, 0.25) is 0 Å². The number of carbonyl (C=O) groups is 2. The zero-order valence-corrected chi connectivity index (χ0v) is 12.0. The van der Waals surface area contributed by atoms with Gasteiger partial charge in [0.25, 0.3) is 5.91 Å². The Morgan fingerprint density at radius 2 is 2.10 bits per heavy atom. The molecule has 0 aliphatic carbocycles. The minimum atomic E-state index is -1.12. The number of hydrogen-bond acceptors (Lipinski definition) is 3. The van der Waals surface area contributed by atoms with Gasteiger partial charge in [-0.1, -0.05) is 17.7 Å². The highest BCUT2D eigenvalue weighted by Gasteiger charge is 2.14. The molecule has 0 atom stereocenters. The van der Waals surface area contributed by atoms with Crippen molar-refractivity contribution in [2.75, 3.05) is 5.32 Å². The Balaban J connectivity index is 2.16. The highest BCUT2D eigenvalue weighted by atomic mass is 35.5. The van der Waals surface area contributed by atoms with Gasteiger partial charge in [0.1, 0.15) is 10.7 Å². The van der Waals surface area contributed by atoms with E-state index in [0.717, 1.165) is 23.5 Å². The maximum Gasteiger partial charge on any atom is 0.328 e. The minimum absolute atomic E-state index is 0.00283. The summed E-state index contributed by atoms with van der Waals surface area (Å²) in [6, 6.07) is 5.56. The Labute approximate surface area is 128 Å². The molecule has 1 heterocycles. The molecule has 4 nitrogen and oxygen atoms in total. The predicted molar refractivity (Wildman–Crippen MR) is 80.4 cm³/mol. The van der Waals surface area contributed by atoms with Crippen molar-refractivity contribution >= 4 is 46.6 Å². The standard InChI is InChI=1S/C14H9ClFNO3S/c15-9-5-6-21-13(9)14(20)17-11-3-1-8(7-10(11)16)2-4-12(18)19/h1-7H,(H,17,20)(H,18,19)/b4-2+. The molecule has 0 radical (unpaired) electrons. The second-order valence-electron chi connectivity index (χ2n) is 3.96. The number of carbonyl (C=O) groups excluding carboxylic acids is 1. The molecule has 2 N–H and O–H groups in total. The fourth-order valence-corrected chi connectivity index (χ4v) is 2.57. The summed E-state index contributed by atoms with van der Waals surface area (Å²) in [6.45, 7) is 0. The average molecular weight is 326 g/mol. The first-order valence-corrected chi connectivity index (χ1v) is 6.98. The molecule has 0 saturated heterocycles. The van der Waals surface area contributed by atoms with E-state index in [9.17, 15) is 14.0 Å². The number of benzene rings is 1. The van der Waals surface area contributed by atoms with Gasteiger partial charge in [0.05, 0.1) is 10.7 Å². The number of amides is 1. The van der Waals surface area contributed by atoms with Crippen molar-refractivity contribution in [1.82, 2.24) is 0 Å². The summed E-state index contributed by atoms with van der Waals surface area (Å²) in [5.41, 5.74) is 0.374. The van der Waals surface area contributed by atoms with Crippen LogP contribution in [0.15, 0.2) is 35.7 Å². The monoisotopic (exact) mass is 325 g/mol. The number of hydrogen-bond donors (Lipinski definition) is 2. The second-order valence-corrected chi connectivity index (χ2v) is 5.29. The van der Waals surface area contributed by atoms with Crippen LogP contribution in [-0.4, -0.2) is 17.0 Å². The maximum atomic E-state index is 13.9. The molecule has 2 aromatic rings. The number of nitrogens with one attached hydrogen (secondary N) is 1. The smallest absolute Gasteiger partial charge is 0.328 e. The van der Waals surface area contributed by atoms with Crippen LogP contribution in [0, 0.1) is 5.82 Å². The molecular weight excluding hydrogens is 317 g/mol. The van der Waals surface area contributed by atoms with E-state index in [2.05, 4.69) is 5.32 Å². The molecule has 0 aliphatic heterocycles. The van der Waals surface area contributed by atoms with Gasteiger partial charge in [-0.15, -0.1) is 11.3 Å². The van der Waals surface area contributed by atoms with E-state index in [0.29, 0.717) is 15.5 Å². The molecule has 1 amide bonds. The summed E-state index contributed by atoms with van der Waals surface area (Å²) in [6.07, 6.45) is 2.16. The van der Waals surface area contributed by atoms with Gasteiger partial charge in [-0.3, -0.25) is 4.79 Å². The normalized spacial score (nSPS) is 10.8. The van der Waals surface area contributed by atoms with Crippen LogP contribution >= 0.6 is 22.9 Å². The van der Waals surface area contributed by atoms with E-state index < -0.39 is 17.7 Å². The first kappa shape index (κ1) is 15.2. The first-order chi connectivity index (χ1) is 9.97. The molecule has 0 unspecified atom stereocenters. The number of aliphatic carboxylic acids is 1. The lowest BCUT2D eigenvalue weighted by Crippen LogP contribution is -2.11. The van der Waals surface area contributed by atoms with Gasteiger partial charge in [-0.05, 0) is 35.2 Å². The van der Waals surface area contributed by atoms with E-state index in [1.807, 2.05) is 0 Å². The maximum absolute atomic E-state index is 13.9. The van der Waals surface area contributed by atoms with Crippen LogP contribution < -0.4 is 5.32 Å². The number of anilines is 1. The molecule has 0 fully saturated rings. The molecule has 0 bridgehead atoms. The van der Waals surface area contributed by atoms with Crippen LogP contribution in [0.1, 0.15) is 15.2 Å². The van der Waals surface area contributed by atoms with Crippen molar-refractivity contribution in [1.29, 1.82) is 0 Å². The topological polar surface area (TPSA) is 66.4 Å². The molecule has 0 aliphatic rings. The third-order valence-corrected chi connectivity index (χ3v) is 3.82. The predicted octanol–water partition coefficient (Wildman–Crippen LogP) is 3.89. The van der Waals surface area contributed by atoms with Crippen LogP contribution in [-0.2, 0) is 4.79 Å². The molecule has 2 rings (SSSR count). The average Bonchev–Trinajstić information content (AvgIpc) is 2.85. The molecule has 7 heteroatoms.